The summed E-state index contributed by atoms with van der Waals surface area (Å²) in [6.45, 7) is 6.16. The average molecular weight is 451 g/mol. The fourth-order valence-corrected chi connectivity index (χ4v) is 5.95. The van der Waals surface area contributed by atoms with Crippen molar-refractivity contribution in [3.8, 4) is 16.9 Å². The van der Waals surface area contributed by atoms with Crippen molar-refractivity contribution in [1.82, 2.24) is 0 Å². The maximum Gasteiger partial charge on any atom is 0.134 e. The predicted molar refractivity (Wildman–Crippen MR) is 132 cm³/mol. The molecule has 4 unspecified atom stereocenters. The molecule has 2 fully saturated rings. The zero-order valence-electron chi connectivity index (χ0n) is 19.7. The lowest BCUT2D eigenvalue weighted by Crippen LogP contribution is -2.30. The molecule has 0 spiro atoms. The van der Waals surface area contributed by atoms with Gasteiger partial charge in [0.2, 0.25) is 0 Å². The van der Waals surface area contributed by atoms with Crippen LogP contribution in [0, 0.1) is 29.4 Å². The lowest BCUT2D eigenvalue weighted by Gasteiger charge is -2.42. The second-order valence-corrected chi connectivity index (χ2v) is 9.84. The van der Waals surface area contributed by atoms with Crippen LogP contribution in [0.5, 0.6) is 5.75 Å². The number of hydrogen-bond donors (Lipinski definition) is 0. The molecule has 0 heterocycles. The summed E-state index contributed by atoms with van der Waals surface area (Å²) in [6.07, 6.45) is 15.7. The van der Waals surface area contributed by atoms with Crippen LogP contribution in [0.15, 0.2) is 61.2 Å². The molecule has 2 aliphatic carbocycles. The molecule has 176 valence electrons. The van der Waals surface area contributed by atoms with E-state index < -0.39 is 5.82 Å². The van der Waals surface area contributed by atoms with E-state index in [1.54, 1.807) is 24.3 Å². The van der Waals surface area contributed by atoms with Crippen molar-refractivity contribution in [2.75, 3.05) is 6.61 Å². The van der Waals surface area contributed by atoms with Gasteiger partial charge in [-0.3, -0.25) is 0 Å². The number of ether oxygens (including phenoxy) is 1. The summed E-state index contributed by atoms with van der Waals surface area (Å²) in [5.74, 6) is 2.50. The maximum absolute atomic E-state index is 15.1. The van der Waals surface area contributed by atoms with Crippen molar-refractivity contribution in [1.29, 1.82) is 0 Å². The average Bonchev–Trinajstić information content (AvgIpc) is 2.83. The van der Waals surface area contributed by atoms with E-state index in [-0.39, 0.29) is 11.4 Å². The third kappa shape index (κ3) is 5.75. The van der Waals surface area contributed by atoms with E-state index in [9.17, 15) is 4.39 Å². The minimum Gasteiger partial charge on any atom is -0.489 e. The Morgan fingerprint density at radius 3 is 2.39 bits per heavy atom. The largest absolute Gasteiger partial charge is 0.489 e. The third-order valence-corrected chi connectivity index (χ3v) is 7.78. The van der Waals surface area contributed by atoms with Crippen molar-refractivity contribution in [2.45, 2.75) is 64.2 Å². The van der Waals surface area contributed by atoms with Crippen molar-refractivity contribution in [2.24, 2.45) is 17.8 Å². The minimum absolute atomic E-state index is 0.277. The zero-order chi connectivity index (χ0) is 23.2. The highest BCUT2D eigenvalue weighted by atomic mass is 19.1. The van der Waals surface area contributed by atoms with E-state index in [0.717, 1.165) is 42.6 Å². The molecule has 33 heavy (non-hydrogen) atoms. The quantitative estimate of drug-likeness (QED) is 0.365. The monoisotopic (exact) mass is 450 g/mol. The first-order valence-electron chi connectivity index (χ1n) is 12.5. The standard InChI is InChI=1S/C30H36F2O/c1-3-5-7-21-8-9-23-18-24(11-10-22(23)17-21)25-12-14-27(29(31)19-25)28-15-13-26(20-30(28)32)33-16-6-4-2/h3-4,6,12-15,19-24H,1,5,7-11,16-18H2,2H3/b6-4+. The lowest BCUT2D eigenvalue weighted by atomic mass is 9.63. The molecule has 2 saturated carbocycles. The van der Waals surface area contributed by atoms with E-state index in [1.165, 1.54) is 38.2 Å². The van der Waals surface area contributed by atoms with Crippen molar-refractivity contribution >= 4 is 0 Å². The summed E-state index contributed by atoms with van der Waals surface area (Å²) in [6, 6.07) is 10.0. The van der Waals surface area contributed by atoms with Gasteiger partial charge in [0, 0.05) is 17.2 Å². The van der Waals surface area contributed by atoms with Crippen LogP contribution in [0.2, 0.25) is 0 Å². The number of allylic oxidation sites excluding steroid dienone is 2. The van der Waals surface area contributed by atoms with Crippen molar-refractivity contribution in [3.05, 3.63) is 78.4 Å². The third-order valence-electron chi connectivity index (χ3n) is 7.78. The number of benzene rings is 2. The van der Waals surface area contributed by atoms with Gasteiger partial charge in [-0.25, -0.2) is 8.78 Å². The first kappa shape index (κ1) is 23.7. The molecule has 2 aliphatic rings. The molecule has 0 saturated heterocycles. The van der Waals surface area contributed by atoms with Crippen LogP contribution in [0.4, 0.5) is 8.78 Å². The first-order valence-corrected chi connectivity index (χ1v) is 12.5. The Kier molecular flexibility index (Phi) is 8.01. The van der Waals surface area contributed by atoms with Crippen LogP contribution in [0.1, 0.15) is 69.8 Å². The van der Waals surface area contributed by atoms with Gasteiger partial charge in [0.05, 0.1) is 0 Å². The number of halogens is 2. The molecular formula is C30H36F2O. The first-order chi connectivity index (χ1) is 16.1. The minimum atomic E-state index is -0.464. The fraction of sp³-hybridized carbons (Fsp3) is 0.467. The Labute approximate surface area is 197 Å². The van der Waals surface area contributed by atoms with Gasteiger partial charge in [0.25, 0.3) is 0 Å². The summed E-state index contributed by atoms with van der Waals surface area (Å²) in [7, 11) is 0. The molecule has 0 aliphatic heterocycles. The van der Waals surface area contributed by atoms with Gasteiger partial charge < -0.3 is 4.74 Å². The highest BCUT2D eigenvalue weighted by Crippen LogP contribution is 2.48. The second-order valence-electron chi connectivity index (χ2n) is 9.84. The SMILES string of the molecule is C=CCCC1CCC2CC(c3ccc(-c4ccc(OC/C=C/C)cc4F)c(F)c3)CCC2C1. The molecule has 0 bridgehead atoms. The second kappa shape index (κ2) is 11.1. The Hall–Kier alpha value is -2.42. The van der Waals surface area contributed by atoms with Gasteiger partial charge in [-0.2, -0.15) is 0 Å². The van der Waals surface area contributed by atoms with E-state index in [2.05, 4.69) is 6.58 Å². The molecule has 2 aromatic rings. The van der Waals surface area contributed by atoms with E-state index >= 15 is 4.39 Å². The Morgan fingerprint density at radius 1 is 0.939 bits per heavy atom. The maximum atomic E-state index is 15.1. The summed E-state index contributed by atoms with van der Waals surface area (Å²) in [4.78, 5) is 0. The lowest BCUT2D eigenvalue weighted by molar-refractivity contribution is 0.115. The molecule has 2 aromatic carbocycles. The van der Waals surface area contributed by atoms with Crippen LogP contribution in [-0.2, 0) is 0 Å². The van der Waals surface area contributed by atoms with Crippen molar-refractivity contribution in [3.63, 3.8) is 0 Å². The fourth-order valence-electron chi connectivity index (χ4n) is 5.95. The molecule has 4 atom stereocenters. The van der Waals surface area contributed by atoms with Gasteiger partial charge in [-0.1, -0.05) is 36.8 Å². The van der Waals surface area contributed by atoms with Crippen LogP contribution in [0.25, 0.3) is 11.1 Å². The Balaban J connectivity index is 1.42. The molecule has 0 amide bonds. The summed E-state index contributed by atoms with van der Waals surface area (Å²) >= 11 is 0. The predicted octanol–water partition coefficient (Wildman–Crippen LogP) is 8.85. The highest BCUT2D eigenvalue weighted by Gasteiger charge is 2.35. The molecule has 0 N–H and O–H groups in total. The summed E-state index contributed by atoms with van der Waals surface area (Å²) in [5.41, 5.74) is 1.65. The molecular weight excluding hydrogens is 414 g/mol. The van der Waals surface area contributed by atoms with Gasteiger partial charge >= 0.3 is 0 Å². The van der Waals surface area contributed by atoms with Gasteiger partial charge in [-0.15, -0.1) is 6.58 Å². The number of hydrogen-bond acceptors (Lipinski definition) is 1. The van der Waals surface area contributed by atoms with Gasteiger partial charge in [0.15, 0.2) is 0 Å². The smallest absolute Gasteiger partial charge is 0.134 e. The Morgan fingerprint density at radius 2 is 1.67 bits per heavy atom. The van der Waals surface area contributed by atoms with Gasteiger partial charge in [0.1, 0.15) is 24.0 Å². The molecule has 0 aromatic heterocycles. The molecule has 4 rings (SSSR count). The topological polar surface area (TPSA) is 9.23 Å². The Bertz CT molecular complexity index is 979. The normalized spacial score (nSPS) is 25.1. The van der Waals surface area contributed by atoms with Crippen LogP contribution in [0.3, 0.4) is 0 Å². The summed E-state index contributed by atoms with van der Waals surface area (Å²) < 4.78 is 35.3. The van der Waals surface area contributed by atoms with Gasteiger partial charge in [-0.05, 0) is 99.3 Å². The highest BCUT2D eigenvalue weighted by molar-refractivity contribution is 5.66. The van der Waals surface area contributed by atoms with Crippen LogP contribution in [-0.4, -0.2) is 6.61 Å². The van der Waals surface area contributed by atoms with Crippen LogP contribution >= 0.6 is 0 Å². The molecule has 3 heteroatoms. The van der Waals surface area contributed by atoms with E-state index in [4.69, 9.17) is 4.74 Å². The van der Waals surface area contributed by atoms with Crippen molar-refractivity contribution < 1.29 is 13.5 Å². The summed E-state index contributed by atoms with van der Waals surface area (Å²) in [5, 5.41) is 0. The zero-order valence-corrected chi connectivity index (χ0v) is 19.7. The van der Waals surface area contributed by atoms with E-state index in [1.807, 2.05) is 31.2 Å². The van der Waals surface area contributed by atoms with Crippen LogP contribution < -0.4 is 4.74 Å². The molecule has 0 radical (unpaired) electrons. The molecule has 1 nitrogen and oxygen atoms in total. The number of rotatable bonds is 8. The number of fused-ring (bicyclic) bond motifs is 1. The van der Waals surface area contributed by atoms with E-state index in [0.29, 0.717) is 23.8 Å².